The number of halogens is 1. The van der Waals surface area contributed by atoms with E-state index in [0.29, 0.717) is 12.3 Å². The van der Waals surface area contributed by atoms with Gasteiger partial charge < -0.3 is 4.74 Å². The van der Waals surface area contributed by atoms with Gasteiger partial charge in [0, 0.05) is 16.8 Å². The summed E-state index contributed by atoms with van der Waals surface area (Å²) in [7, 11) is 0. The van der Waals surface area contributed by atoms with E-state index in [4.69, 9.17) is 4.74 Å². The normalized spacial score (nSPS) is 26.6. The lowest BCUT2D eigenvalue weighted by atomic mass is 9.85. The van der Waals surface area contributed by atoms with E-state index in [9.17, 15) is 4.79 Å². The smallest absolute Gasteiger partial charge is 0.170 e. The maximum atomic E-state index is 12.1. The minimum atomic E-state index is 0.0456. The molecule has 18 heavy (non-hydrogen) atoms. The summed E-state index contributed by atoms with van der Waals surface area (Å²) in [4.78, 5) is 12.1. The first-order valence-electron chi connectivity index (χ1n) is 6.38. The first-order valence-corrected chi connectivity index (χ1v) is 7.18. The van der Waals surface area contributed by atoms with Crippen LogP contribution >= 0.6 is 15.9 Å². The van der Waals surface area contributed by atoms with Crippen LogP contribution in [0.4, 0.5) is 0 Å². The van der Waals surface area contributed by atoms with Crippen LogP contribution in [0.3, 0.4) is 0 Å². The summed E-state index contributed by atoms with van der Waals surface area (Å²) >= 11 is 3.42. The Morgan fingerprint density at radius 3 is 2.94 bits per heavy atom. The molecular weight excluding hydrogens is 292 g/mol. The molecule has 1 aromatic rings. The maximum absolute atomic E-state index is 12.1. The summed E-state index contributed by atoms with van der Waals surface area (Å²) in [5.41, 5.74) is 0.723. The molecule has 1 aliphatic carbocycles. The summed E-state index contributed by atoms with van der Waals surface area (Å²) in [6.45, 7) is 0. The van der Waals surface area contributed by atoms with Gasteiger partial charge in [0.05, 0.1) is 5.56 Å². The highest BCUT2D eigenvalue weighted by atomic mass is 79.9. The molecule has 0 fully saturated rings. The van der Waals surface area contributed by atoms with Crippen molar-refractivity contribution in [3.63, 3.8) is 0 Å². The van der Waals surface area contributed by atoms with Crippen LogP contribution in [-0.2, 0) is 0 Å². The van der Waals surface area contributed by atoms with Crippen molar-refractivity contribution in [1.29, 1.82) is 0 Å². The van der Waals surface area contributed by atoms with Gasteiger partial charge in [-0.05, 0) is 37.5 Å². The number of hydrogen-bond donors (Lipinski definition) is 0. The molecular formula is C15H15BrO2. The number of ketones is 1. The van der Waals surface area contributed by atoms with Crippen LogP contribution in [-0.4, -0.2) is 11.9 Å². The summed E-state index contributed by atoms with van der Waals surface area (Å²) in [6, 6.07) is 5.64. The third-order valence-corrected chi connectivity index (χ3v) is 4.24. The van der Waals surface area contributed by atoms with E-state index in [1.54, 1.807) is 0 Å². The predicted molar refractivity (Wildman–Crippen MR) is 74.0 cm³/mol. The fourth-order valence-electron chi connectivity index (χ4n) is 2.74. The highest BCUT2D eigenvalue weighted by molar-refractivity contribution is 9.10. The van der Waals surface area contributed by atoms with E-state index < -0.39 is 0 Å². The molecule has 2 aliphatic rings. The molecule has 0 N–H and O–H groups in total. The van der Waals surface area contributed by atoms with Crippen LogP contribution in [0.5, 0.6) is 5.75 Å². The molecule has 1 aliphatic heterocycles. The van der Waals surface area contributed by atoms with Gasteiger partial charge in [-0.3, -0.25) is 4.79 Å². The van der Waals surface area contributed by atoms with E-state index in [2.05, 4.69) is 28.1 Å². The second-order valence-electron chi connectivity index (χ2n) is 4.97. The fraction of sp³-hybridized carbons (Fsp3) is 0.400. The highest BCUT2D eigenvalue weighted by Gasteiger charge is 2.32. The Kier molecular flexibility index (Phi) is 3.25. The number of benzene rings is 1. The van der Waals surface area contributed by atoms with Gasteiger partial charge in [-0.15, -0.1) is 0 Å². The molecule has 2 unspecified atom stereocenters. The average Bonchev–Trinajstić information content (AvgIpc) is 2.39. The van der Waals surface area contributed by atoms with Crippen LogP contribution in [0.2, 0.25) is 0 Å². The Bertz CT molecular complexity index is 507. The van der Waals surface area contributed by atoms with Gasteiger partial charge in [0.15, 0.2) is 5.78 Å². The minimum absolute atomic E-state index is 0.0456. The predicted octanol–water partition coefficient (Wildman–Crippen LogP) is 4.14. The highest BCUT2D eigenvalue weighted by Crippen LogP contribution is 2.35. The zero-order valence-corrected chi connectivity index (χ0v) is 11.7. The average molecular weight is 307 g/mol. The Labute approximate surface area is 115 Å². The van der Waals surface area contributed by atoms with Gasteiger partial charge in [-0.2, -0.15) is 0 Å². The van der Waals surface area contributed by atoms with Crippen LogP contribution in [0.15, 0.2) is 34.8 Å². The maximum Gasteiger partial charge on any atom is 0.170 e. The number of hydrogen-bond acceptors (Lipinski definition) is 2. The summed E-state index contributed by atoms with van der Waals surface area (Å²) in [5, 5.41) is 0. The van der Waals surface area contributed by atoms with Crippen LogP contribution in [0, 0.1) is 5.92 Å². The Morgan fingerprint density at radius 2 is 2.17 bits per heavy atom. The van der Waals surface area contributed by atoms with Crippen molar-refractivity contribution in [3.8, 4) is 5.75 Å². The van der Waals surface area contributed by atoms with E-state index >= 15 is 0 Å². The topological polar surface area (TPSA) is 26.3 Å². The Balaban J connectivity index is 1.86. The Hall–Kier alpha value is -1.09. The number of allylic oxidation sites excluding steroid dienone is 2. The lowest BCUT2D eigenvalue weighted by Crippen LogP contribution is -2.34. The SMILES string of the molecule is O=C1CC(C2CC=CCC2)Oc2cc(Br)ccc21. The number of rotatable bonds is 1. The van der Waals surface area contributed by atoms with E-state index in [-0.39, 0.29) is 11.9 Å². The molecule has 94 valence electrons. The molecule has 0 aromatic heterocycles. The largest absolute Gasteiger partial charge is 0.489 e. The first kappa shape index (κ1) is 12.0. The van der Waals surface area contributed by atoms with Gasteiger partial charge in [0.2, 0.25) is 0 Å². The fourth-order valence-corrected chi connectivity index (χ4v) is 3.08. The molecule has 1 heterocycles. The van der Waals surface area contributed by atoms with Crippen molar-refractivity contribution in [1.82, 2.24) is 0 Å². The van der Waals surface area contributed by atoms with Crippen molar-refractivity contribution in [2.24, 2.45) is 5.92 Å². The molecule has 2 nitrogen and oxygen atoms in total. The third-order valence-electron chi connectivity index (χ3n) is 3.74. The molecule has 0 spiro atoms. The number of carbonyl (C=O) groups excluding carboxylic acids is 1. The van der Waals surface area contributed by atoms with Crippen molar-refractivity contribution < 1.29 is 9.53 Å². The molecule has 0 bridgehead atoms. The van der Waals surface area contributed by atoms with Crippen molar-refractivity contribution >= 4 is 21.7 Å². The lowest BCUT2D eigenvalue weighted by molar-refractivity contribution is 0.0713. The quantitative estimate of drug-likeness (QED) is 0.729. The van der Waals surface area contributed by atoms with Gasteiger partial charge in [0.25, 0.3) is 0 Å². The van der Waals surface area contributed by atoms with Crippen LogP contribution in [0.1, 0.15) is 36.0 Å². The van der Waals surface area contributed by atoms with Crippen molar-refractivity contribution in [2.45, 2.75) is 31.8 Å². The van der Waals surface area contributed by atoms with Crippen LogP contribution < -0.4 is 4.74 Å². The van der Waals surface area contributed by atoms with E-state index in [0.717, 1.165) is 35.0 Å². The Morgan fingerprint density at radius 1 is 1.28 bits per heavy atom. The van der Waals surface area contributed by atoms with E-state index in [1.165, 1.54) is 0 Å². The molecule has 3 heteroatoms. The van der Waals surface area contributed by atoms with E-state index in [1.807, 2.05) is 18.2 Å². The minimum Gasteiger partial charge on any atom is -0.489 e. The monoisotopic (exact) mass is 306 g/mol. The zero-order valence-electron chi connectivity index (χ0n) is 10.1. The van der Waals surface area contributed by atoms with Gasteiger partial charge in [-0.1, -0.05) is 28.1 Å². The van der Waals surface area contributed by atoms with Gasteiger partial charge >= 0.3 is 0 Å². The van der Waals surface area contributed by atoms with Crippen molar-refractivity contribution in [3.05, 3.63) is 40.4 Å². The summed E-state index contributed by atoms with van der Waals surface area (Å²) < 4.78 is 6.99. The number of ether oxygens (including phenoxy) is 1. The summed E-state index contributed by atoms with van der Waals surface area (Å²) in [6.07, 6.45) is 8.24. The number of carbonyl (C=O) groups is 1. The molecule has 0 amide bonds. The molecule has 0 saturated heterocycles. The second kappa shape index (κ2) is 4.88. The van der Waals surface area contributed by atoms with Crippen LogP contribution in [0.25, 0.3) is 0 Å². The van der Waals surface area contributed by atoms with Gasteiger partial charge in [-0.25, -0.2) is 0 Å². The zero-order chi connectivity index (χ0) is 12.5. The molecule has 0 saturated carbocycles. The first-order chi connectivity index (χ1) is 8.74. The second-order valence-corrected chi connectivity index (χ2v) is 5.88. The number of Topliss-reactive ketones (excluding diaryl/α,β-unsaturated/α-hetero) is 1. The standard InChI is InChI=1S/C15H15BrO2/c16-11-6-7-12-13(17)9-14(18-15(12)8-11)10-4-2-1-3-5-10/h1-2,6-8,10,14H,3-5,9H2. The third kappa shape index (κ3) is 2.24. The van der Waals surface area contributed by atoms with Gasteiger partial charge in [0.1, 0.15) is 11.9 Å². The molecule has 2 atom stereocenters. The lowest BCUT2D eigenvalue weighted by Gasteiger charge is -2.32. The summed E-state index contributed by atoms with van der Waals surface area (Å²) in [5.74, 6) is 1.43. The number of fused-ring (bicyclic) bond motifs is 1. The molecule has 0 radical (unpaired) electrons. The molecule has 1 aromatic carbocycles. The molecule has 3 rings (SSSR count). The van der Waals surface area contributed by atoms with Crippen molar-refractivity contribution in [2.75, 3.05) is 0 Å².